The van der Waals surface area contributed by atoms with Gasteiger partial charge < -0.3 is 10.2 Å². The van der Waals surface area contributed by atoms with Crippen molar-refractivity contribution in [3.8, 4) is 0 Å². The summed E-state index contributed by atoms with van der Waals surface area (Å²) in [5.41, 5.74) is 0.579. The second-order valence-corrected chi connectivity index (χ2v) is 3.15. The molecule has 13 heavy (non-hydrogen) atoms. The van der Waals surface area contributed by atoms with E-state index in [1.54, 1.807) is 0 Å². The second-order valence-electron chi connectivity index (χ2n) is 2.24. The molecular weight excluding hydrogens is 240 g/mol. The molecule has 0 radical (unpaired) electrons. The van der Waals surface area contributed by atoms with Crippen LogP contribution in [0.4, 0.5) is 10.5 Å². The molecular formula is C7H7BrN2O3. The quantitative estimate of drug-likeness (QED) is 0.738. The summed E-state index contributed by atoms with van der Waals surface area (Å²) in [5, 5.41) is 19.4. The lowest BCUT2D eigenvalue weighted by atomic mass is 10.3. The van der Waals surface area contributed by atoms with Crippen molar-refractivity contribution < 1.29 is 15.0 Å². The average molecular weight is 247 g/mol. The first-order valence-electron chi connectivity index (χ1n) is 3.38. The Kier molecular flexibility index (Phi) is 3.21. The van der Waals surface area contributed by atoms with E-state index in [9.17, 15) is 4.79 Å². The highest BCUT2D eigenvalue weighted by atomic mass is 79.9. The molecule has 1 amide bonds. The van der Waals surface area contributed by atoms with Gasteiger partial charge in [-0.1, -0.05) is 0 Å². The van der Waals surface area contributed by atoms with Crippen molar-refractivity contribution in [3.63, 3.8) is 0 Å². The first-order valence-corrected chi connectivity index (χ1v) is 4.18. The molecule has 0 aliphatic carbocycles. The SMILES string of the molecule is O=C(O)Nc1cc(Br)cnc1CO. The lowest BCUT2D eigenvalue weighted by Gasteiger charge is -2.05. The molecule has 1 aromatic heterocycles. The van der Waals surface area contributed by atoms with Crippen LogP contribution in [-0.2, 0) is 6.61 Å². The van der Waals surface area contributed by atoms with E-state index in [-0.39, 0.29) is 12.3 Å². The van der Waals surface area contributed by atoms with Gasteiger partial charge in [-0.15, -0.1) is 0 Å². The Hall–Kier alpha value is -1.14. The molecule has 6 heteroatoms. The summed E-state index contributed by atoms with van der Waals surface area (Å²) in [6.45, 7) is -0.303. The van der Waals surface area contributed by atoms with Crippen LogP contribution in [0.3, 0.4) is 0 Å². The highest BCUT2D eigenvalue weighted by Crippen LogP contribution is 2.18. The molecule has 0 aliphatic heterocycles. The van der Waals surface area contributed by atoms with Crippen molar-refractivity contribution in [1.82, 2.24) is 4.98 Å². The number of anilines is 1. The van der Waals surface area contributed by atoms with Crippen LogP contribution in [0, 0.1) is 0 Å². The number of carboxylic acid groups (broad SMARTS) is 1. The van der Waals surface area contributed by atoms with E-state index in [2.05, 4.69) is 26.2 Å². The van der Waals surface area contributed by atoms with E-state index >= 15 is 0 Å². The Morgan fingerprint density at radius 1 is 1.69 bits per heavy atom. The minimum absolute atomic E-state index is 0.282. The summed E-state index contributed by atoms with van der Waals surface area (Å²) < 4.78 is 0.647. The zero-order chi connectivity index (χ0) is 9.84. The van der Waals surface area contributed by atoms with Gasteiger partial charge in [0.1, 0.15) is 0 Å². The molecule has 0 aromatic carbocycles. The van der Waals surface area contributed by atoms with E-state index in [1.807, 2.05) is 0 Å². The van der Waals surface area contributed by atoms with Crippen LogP contribution in [0.25, 0.3) is 0 Å². The predicted molar refractivity (Wildman–Crippen MR) is 49.5 cm³/mol. The Labute approximate surface area is 82.5 Å². The molecule has 1 aromatic rings. The summed E-state index contributed by atoms with van der Waals surface area (Å²) in [7, 11) is 0. The monoisotopic (exact) mass is 246 g/mol. The number of rotatable bonds is 2. The molecule has 0 spiro atoms. The number of nitrogens with zero attached hydrogens (tertiary/aromatic N) is 1. The molecule has 0 atom stereocenters. The second kappa shape index (κ2) is 4.20. The van der Waals surface area contributed by atoms with E-state index in [4.69, 9.17) is 10.2 Å². The van der Waals surface area contributed by atoms with Crippen molar-refractivity contribution in [2.45, 2.75) is 6.61 Å². The van der Waals surface area contributed by atoms with Crippen LogP contribution in [0.5, 0.6) is 0 Å². The summed E-state index contributed by atoms with van der Waals surface area (Å²) >= 11 is 3.14. The molecule has 0 saturated heterocycles. The van der Waals surface area contributed by atoms with Crippen molar-refractivity contribution in [3.05, 3.63) is 22.4 Å². The number of hydrogen-bond donors (Lipinski definition) is 3. The van der Waals surface area contributed by atoms with Crippen LogP contribution >= 0.6 is 15.9 Å². The molecule has 1 heterocycles. The Balaban J connectivity index is 3.01. The first kappa shape index (κ1) is 9.94. The Morgan fingerprint density at radius 3 is 2.92 bits per heavy atom. The minimum atomic E-state index is -1.19. The fourth-order valence-corrected chi connectivity index (χ4v) is 1.15. The highest BCUT2D eigenvalue weighted by Gasteiger charge is 2.06. The number of pyridine rings is 1. The largest absolute Gasteiger partial charge is 0.465 e. The normalized spacial score (nSPS) is 9.69. The van der Waals surface area contributed by atoms with Gasteiger partial charge in [-0.3, -0.25) is 10.3 Å². The third-order valence-electron chi connectivity index (χ3n) is 1.33. The van der Waals surface area contributed by atoms with Crippen LogP contribution < -0.4 is 5.32 Å². The molecule has 0 unspecified atom stereocenters. The van der Waals surface area contributed by atoms with Gasteiger partial charge in [-0.05, 0) is 22.0 Å². The van der Waals surface area contributed by atoms with Crippen LogP contribution in [0.1, 0.15) is 5.69 Å². The van der Waals surface area contributed by atoms with Crippen LogP contribution in [-0.4, -0.2) is 21.3 Å². The number of nitrogens with one attached hydrogen (secondary N) is 1. The lowest BCUT2D eigenvalue weighted by molar-refractivity contribution is 0.209. The van der Waals surface area contributed by atoms with Crippen molar-refractivity contribution in [1.29, 1.82) is 0 Å². The molecule has 3 N–H and O–H groups in total. The van der Waals surface area contributed by atoms with Gasteiger partial charge in [0.2, 0.25) is 0 Å². The van der Waals surface area contributed by atoms with Crippen molar-refractivity contribution in [2.75, 3.05) is 5.32 Å². The summed E-state index contributed by atoms with van der Waals surface area (Å²) in [6, 6.07) is 1.53. The topological polar surface area (TPSA) is 82.5 Å². The number of aromatic nitrogens is 1. The van der Waals surface area contributed by atoms with Gasteiger partial charge in [0.25, 0.3) is 0 Å². The maximum absolute atomic E-state index is 10.3. The van der Waals surface area contributed by atoms with Crippen molar-refractivity contribution >= 4 is 27.7 Å². The van der Waals surface area contributed by atoms with Crippen LogP contribution in [0.2, 0.25) is 0 Å². The Bertz CT molecular complexity index is 330. The molecule has 0 saturated carbocycles. The number of aliphatic hydroxyl groups excluding tert-OH is 1. The Morgan fingerprint density at radius 2 is 2.38 bits per heavy atom. The summed E-state index contributed by atoms with van der Waals surface area (Å²) in [6.07, 6.45) is 0.299. The van der Waals surface area contributed by atoms with E-state index in [1.165, 1.54) is 12.3 Å². The van der Waals surface area contributed by atoms with E-state index in [0.29, 0.717) is 10.2 Å². The van der Waals surface area contributed by atoms with Crippen LogP contribution in [0.15, 0.2) is 16.7 Å². The molecule has 1 rings (SSSR count). The maximum Gasteiger partial charge on any atom is 0.409 e. The maximum atomic E-state index is 10.3. The number of amides is 1. The average Bonchev–Trinajstić information content (AvgIpc) is 2.03. The zero-order valence-electron chi connectivity index (χ0n) is 6.49. The molecule has 0 fully saturated rings. The number of hydrogen-bond acceptors (Lipinski definition) is 3. The fourth-order valence-electron chi connectivity index (χ4n) is 0.817. The highest BCUT2D eigenvalue weighted by molar-refractivity contribution is 9.10. The molecule has 0 bridgehead atoms. The summed E-state index contributed by atoms with van der Waals surface area (Å²) in [4.78, 5) is 14.1. The van der Waals surface area contributed by atoms with Gasteiger partial charge in [0, 0.05) is 10.7 Å². The minimum Gasteiger partial charge on any atom is -0.465 e. The molecule has 5 nitrogen and oxygen atoms in total. The van der Waals surface area contributed by atoms with Gasteiger partial charge in [-0.2, -0.15) is 0 Å². The third-order valence-corrected chi connectivity index (χ3v) is 1.76. The summed E-state index contributed by atoms with van der Waals surface area (Å²) in [5.74, 6) is 0. The first-order chi connectivity index (χ1) is 6.13. The van der Waals surface area contributed by atoms with E-state index in [0.717, 1.165) is 0 Å². The van der Waals surface area contributed by atoms with Gasteiger partial charge in [0.15, 0.2) is 0 Å². The fraction of sp³-hybridized carbons (Fsp3) is 0.143. The smallest absolute Gasteiger partial charge is 0.409 e. The van der Waals surface area contributed by atoms with Gasteiger partial charge in [0.05, 0.1) is 18.0 Å². The predicted octanol–water partition coefficient (Wildman–Crippen LogP) is 1.43. The van der Waals surface area contributed by atoms with Gasteiger partial charge >= 0.3 is 6.09 Å². The number of aliphatic hydroxyl groups is 1. The standard InChI is InChI=1S/C7H7BrN2O3/c8-4-1-5(10-7(12)13)6(3-11)9-2-4/h1-2,10-11H,3H2,(H,12,13). The number of halogens is 1. The zero-order valence-corrected chi connectivity index (χ0v) is 8.08. The number of carbonyl (C=O) groups is 1. The molecule has 70 valence electrons. The van der Waals surface area contributed by atoms with Gasteiger partial charge in [-0.25, -0.2) is 4.79 Å². The van der Waals surface area contributed by atoms with Crippen molar-refractivity contribution in [2.24, 2.45) is 0 Å². The third kappa shape index (κ3) is 2.67. The molecule has 0 aliphatic rings. The van der Waals surface area contributed by atoms with E-state index < -0.39 is 6.09 Å². The lowest BCUT2D eigenvalue weighted by Crippen LogP contribution is -2.10.